The van der Waals surface area contributed by atoms with Gasteiger partial charge in [-0.2, -0.15) is 0 Å². The zero-order valence-electron chi connectivity index (χ0n) is 16.1. The summed E-state index contributed by atoms with van der Waals surface area (Å²) in [6.45, 7) is 7.82. The highest BCUT2D eigenvalue weighted by Gasteiger charge is 2.25. The molecule has 0 aliphatic carbocycles. The lowest BCUT2D eigenvalue weighted by molar-refractivity contribution is -0.912. The molecule has 0 fully saturated rings. The van der Waals surface area contributed by atoms with Crippen molar-refractivity contribution in [3.8, 4) is 5.75 Å². The van der Waals surface area contributed by atoms with Crippen molar-refractivity contribution in [1.29, 1.82) is 0 Å². The number of ether oxygens (including phenoxy) is 1. The van der Waals surface area contributed by atoms with Crippen molar-refractivity contribution in [2.24, 2.45) is 0 Å². The molecular weight excluding hydrogens is 310 g/mol. The van der Waals surface area contributed by atoms with Gasteiger partial charge in [0, 0.05) is 0 Å². The largest absolute Gasteiger partial charge is 0.491 e. The van der Waals surface area contributed by atoms with Gasteiger partial charge < -0.3 is 14.3 Å². The van der Waals surface area contributed by atoms with Crippen LogP contribution in [0.3, 0.4) is 0 Å². The smallest absolute Gasteiger partial charge is 0.137 e. The van der Waals surface area contributed by atoms with Crippen LogP contribution < -0.4 is 4.74 Å². The highest BCUT2D eigenvalue weighted by Crippen LogP contribution is 2.21. The Balaban J connectivity index is 1.91. The predicted octanol–water partition coefficient (Wildman–Crippen LogP) is 4.63. The molecule has 3 nitrogen and oxygen atoms in total. The van der Waals surface area contributed by atoms with E-state index in [0.717, 1.165) is 29.9 Å². The minimum absolute atomic E-state index is 0.352. The van der Waals surface area contributed by atoms with Crippen molar-refractivity contribution in [1.82, 2.24) is 0 Å². The molecule has 0 aliphatic rings. The van der Waals surface area contributed by atoms with E-state index in [9.17, 15) is 5.11 Å². The molecule has 0 amide bonds. The molecule has 0 aliphatic heterocycles. The molecule has 25 heavy (non-hydrogen) atoms. The molecule has 0 heterocycles. The first-order chi connectivity index (χ1) is 12.1. The van der Waals surface area contributed by atoms with Crippen LogP contribution in [-0.2, 0) is 0 Å². The molecule has 3 heteroatoms. The molecule has 2 aromatic rings. The molecule has 0 bridgehead atoms. The van der Waals surface area contributed by atoms with Gasteiger partial charge in [-0.3, -0.25) is 0 Å². The number of nitrogens with zero attached hydrogens (tertiary/aromatic N) is 1. The molecule has 138 valence electrons. The summed E-state index contributed by atoms with van der Waals surface area (Å²) in [7, 11) is 2.27. The Bertz CT molecular complexity index is 633. The van der Waals surface area contributed by atoms with E-state index in [2.05, 4.69) is 39.1 Å². The molecule has 2 rings (SSSR count). The summed E-state index contributed by atoms with van der Waals surface area (Å²) in [5, 5.41) is 12.9. The standard InChI is InChI=1S/C22H34NO2/c1-4-6-14-23(3,15-7-5-2)17-21(24)18-25-22-13-12-19-10-8-9-11-20(19)16-22/h8-13,16,21,24H,4-7,14-15,17-18H2,1-3H3/q+1/t21-/m1/s1. The van der Waals surface area contributed by atoms with E-state index in [4.69, 9.17) is 4.74 Å². The Labute approximate surface area is 152 Å². The number of rotatable bonds is 11. The second-order valence-electron chi connectivity index (χ2n) is 7.43. The molecule has 1 atom stereocenters. The fourth-order valence-corrected chi connectivity index (χ4v) is 3.39. The molecule has 0 unspecified atom stereocenters. The van der Waals surface area contributed by atoms with Crippen molar-refractivity contribution in [3.63, 3.8) is 0 Å². The molecule has 0 saturated carbocycles. The van der Waals surface area contributed by atoms with Crippen molar-refractivity contribution >= 4 is 10.8 Å². The van der Waals surface area contributed by atoms with E-state index in [-0.39, 0.29) is 0 Å². The van der Waals surface area contributed by atoms with Crippen LogP contribution in [0.5, 0.6) is 5.75 Å². The lowest BCUT2D eigenvalue weighted by Crippen LogP contribution is -2.51. The molecule has 0 radical (unpaired) electrons. The van der Waals surface area contributed by atoms with Gasteiger partial charge in [-0.15, -0.1) is 0 Å². The lowest BCUT2D eigenvalue weighted by Gasteiger charge is -2.36. The average molecular weight is 345 g/mol. The van der Waals surface area contributed by atoms with Crippen LogP contribution in [0.2, 0.25) is 0 Å². The summed E-state index contributed by atoms with van der Waals surface area (Å²) in [5.41, 5.74) is 0. The number of hydrogen-bond donors (Lipinski definition) is 1. The SMILES string of the molecule is CCCC[N+](C)(CCCC)C[C@@H](O)COc1ccc2ccccc2c1. The Morgan fingerprint density at radius 1 is 0.960 bits per heavy atom. The molecule has 2 aromatic carbocycles. The fraction of sp³-hybridized carbons (Fsp3) is 0.545. The summed E-state index contributed by atoms with van der Waals surface area (Å²) >= 11 is 0. The number of aliphatic hydroxyl groups is 1. The molecule has 1 N–H and O–H groups in total. The predicted molar refractivity (Wildman–Crippen MR) is 106 cm³/mol. The van der Waals surface area contributed by atoms with Gasteiger partial charge in [0.15, 0.2) is 0 Å². The van der Waals surface area contributed by atoms with Crippen molar-refractivity contribution < 1.29 is 14.3 Å². The third-order valence-corrected chi connectivity index (χ3v) is 4.92. The second kappa shape index (κ2) is 9.79. The molecule has 0 aromatic heterocycles. The van der Waals surface area contributed by atoms with E-state index >= 15 is 0 Å². The van der Waals surface area contributed by atoms with E-state index in [1.807, 2.05) is 24.3 Å². The first-order valence-corrected chi connectivity index (χ1v) is 9.69. The Morgan fingerprint density at radius 3 is 2.24 bits per heavy atom. The van der Waals surface area contributed by atoms with Gasteiger partial charge in [0.2, 0.25) is 0 Å². The lowest BCUT2D eigenvalue weighted by atomic mass is 10.1. The minimum Gasteiger partial charge on any atom is -0.491 e. The van der Waals surface area contributed by atoms with E-state index < -0.39 is 6.10 Å². The quantitative estimate of drug-likeness (QED) is 0.602. The van der Waals surface area contributed by atoms with Gasteiger partial charge >= 0.3 is 0 Å². The van der Waals surface area contributed by atoms with Crippen LogP contribution in [0.1, 0.15) is 39.5 Å². The summed E-state index contributed by atoms with van der Waals surface area (Å²) in [4.78, 5) is 0. The number of aliphatic hydroxyl groups excluding tert-OH is 1. The van der Waals surface area contributed by atoms with E-state index in [0.29, 0.717) is 6.61 Å². The normalized spacial score (nSPS) is 13.1. The molecule has 0 spiro atoms. The zero-order valence-corrected chi connectivity index (χ0v) is 16.1. The Hall–Kier alpha value is -1.58. The maximum Gasteiger partial charge on any atom is 0.137 e. The van der Waals surface area contributed by atoms with Gasteiger partial charge in [0.1, 0.15) is 25.0 Å². The van der Waals surface area contributed by atoms with Crippen molar-refractivity contribution in [2.75, 3.05) is 33.3 Å². The Kier molecular flexibility index (Phi) is 7.73. The third-order valence-electron chi connectivity index (χ3n) is 4.92. The average Bonchev–Trinajstić information content (AvgIpc) is 2.63. The van der Waals surface area contributed by atoms with E-state index in [1.165, 1.54) is 36.5 Å². The fourth-order valence-electron chi connectivity index (χ4n) is 3.39. The van der Waals surface area contributed by atoms with Crippen LogP contribution in [-0.4, -0.2) is 49.0 Å². The van der Waals surface area contributed by atoms with Crippen LogP contribution >= 0.6 is 0 Å². The van der Waals surface area contributed by atoms with Gasteiger partial charge in [0.25, 0.3) is 0 Å². The number of benzene rings is 2. The summed E-state index contributed by atoms with van der Waals surface area (Å²) in [5.74, 6) is 0.828. The number of fused-ring (bicyclic) bond motifs is 1. The highest BCUT2D eigenvalue weighted by atomic mass is 16.5. The van der Waals surface area contributed by atoms with Crippen LogP contribution in [0.15, 0.2) is 42.5 Å². The number of quaternary nitrogens is 1. The van der Waals surface area contributed by atoms with E-state index in [1.54, 1.807) is 0 Å². The second-order valence-corrected chi connectivity index (χ2v) is 7.43. The monoisotopic (exact) mass is 344 g/mol. The van der Waals surface area contributed by atoms with Gasteiger partial charge in [-0.25, -0.2) is 0 Å². The number of likely N-dealkylation sites (N-methyl/N-ethyl adjacent to an activating group) is 1. The number of hydrogen-bond acceptors (Lipinski definition) is 2. The van der Waals surface area contributed by atoms with Crippen molar-refractivity contribution in [3.05, 3.63) is 42.5 Å². The Morgan fingerprint density at radius 2 is 1.60 bits per heavy atom. The maximum atomic E-state index is 10.5. The first-order valence-electron chi connectivity index (χ1n) is 9.69. The van der Waals surface area contributed by atoms with Crippen LogP contribution in [0, 0.1) is 0 Å². The van der Waals surface area contributed by atoms with Gasteiger partial charge in [0.05, 0.1) is 20.1 Å². The topological polar surface area (TPSA) is 29.5 Å². The molecule has 0 saturated heterocycles. The zero-order chi connectivity index (χ0) is 18.1. The maximum absolute atomic E-state index is 10.5. The van der Waals surface area contributed by atoms with Gasteiger partial charge in [-0.1, -0.05) is 57.0 Å². The summed E-state index contributed by atoms with van der Waals surface area (Å²) < 4.78 is 6.81. The van der Waals surface area contributed by atoms with Crippen molar-refractivity contribution in [2.45, 2.75) is 45.6 Å². The minimum atomic E-state index is -0.440. The van der Waals surface area contributed by atoms with Gasteiger partial charge in [-0.05, 0) is 35.7 Å². The summed E-state index contributed by atoms with van der Waals surface area (Å²) in [6.07, 6.45) is 4.37. The molecular formula is C22H34NO2+. The highest BCUT2D eigenvalue weighted by molar-refractivity contribution is 5.83. The third kappa shape index (κ3) is 6.33. The van der Waals surface area contributed by atoms with Crippen LogP contribution in [0.4, 0.5) is 0 Å². The summed E-state index contributed by atoms with van der Waals surface area (Å²) in [6, 6.07) is 14.4. The van der Waals surface area contributed by atoms with Crippen LogP contribution in [0.25, 0.3) is 10.8 Å². The first kappa shape index (κ1) is 19.7. The number of unbranched alkanes of at least 4 members (excludes halogenated alkanes) is 2.